The van der Waals surface area contributed by atoms with Gasteiger partial charge in [-0.25, -0.2) is 0 Å². The SMILES string of the molecule is CCC(COC)C(=N)C1CCNCC1. The molecule has 82 valence electrons. The van der Waals surface area contributed by atoms with Crippen molar-refractivity contribution in [2.75, 3.05) is 26.8 Å². The molecular formula is C11H22N2O. The predicted molar refractivity (Wildman–Crippen MR) is 59.0 cm³/mol. The molecule has 0 amide bonds. The van der Waals surface area contributed by atoms with Crippen molar-refractivity contribution in [3.05, 3.63) is 0 Å². The Bertz CT molecular complexity index is 169. The van der Waals surface area contributed by atoms with Crippen LogP contribution in [0.1, 0.15) is 26.2 Å². The van der Waals surface area contributed by atoms with E-state index in [9.17, 15) is 0 Å². The lowest BCUT2D eigenvalue weighted by Gasteiger charge is -2.27. The van der Waals surface area contributed by atoms with E-state index in [-0.39, 0.29) is 0 Å². The zero-order valence-electron chi connectivity index (χ0n) is 9.31. The summed E-state index contributed by atoms with van der Waals surface area (Å²) in [6, 6.07) is 0. The van der Waals surface area contributed by atoms with Crippen LogP contribution in [0.4, 0.5) is 0 Å². The smallest absolute Gasteiger partial charge is 0.0542 e. The van der Waals surface area contributed by atoms with Crippen molar-refractivity contribution in [3.8, 4) is 0 Å². The van der Waals surface area contributed by atoms with Crippen molar-refractivity contribution in [1.82, 2.24) is 5.32 Å². The minimum atomic E-state index is 0.336. The predicted octanol–water partition coefficient (Wildman–Crippen LogP) is 1.68. The Kier molecular flexibility index (Phi) is 5.12. The first kappa shape index (κ1) is 11.7. The van der Waals surface area contributed by atoms with Gasteiger partial charge in [-0.15, -0.1) is 0 Å². The molecule has 0 aromatic carbocycles. The van der Waals surface area contributed by atoms with E-state index in [1.165, 1.54) is 0 Å². The quantitative estimate of drug-likeness (QED) is 0.660. The van der Waals surface area contributed by atoms with E-state index in [4.69, 9.17) is 10.1 Å². The molecule has 3 nitrogen and oxygen atoms in total. The van der Waals surface area contributed by atoms with Gasteiger partial charge in [0.1, 0.15) is 0 Å². The van der Waals surface area contributed by atoms with Gasteiger partial charge in [0.05, 0.1) is 6.61 Å². The van der Waals surface area contributed by atoms with E-state index in [0.29, 0.717) is 18.4 Å². The number of piperidine rings is 1. The molecule has 1 rings (SSSR count). The van der Waals surface area contributed by atoms with Gasteiger partial charge < -0.3 is 15.5 Å². The fourth-order valence-electron chi connectivity index (χ4n) is 2.09. The molecule has 0 aliphatic carbocycles. The molecule has 1 atom stereocenters. The second kappa shape index (κ2) is 6.14. The van der Waals surface area contributed by atoms with Crippen molar-refractivity contribution in [1.29, 1.82) is 5.41 Å². The molecule has 1 aliphatic rings. The highest BCUT2D eigenvalue weighted by Crippen LogP contribution is 2.20. The van der Waals surface area contributed by atoms with Gasteiger partial charge in [0.25, 0.3) is 0 Å². The van der Waals surface area contributed by atoms with E-state index >= 15 is 0 Å². The lowest BCUT2D eigenvalue weighted by Crippen LogP contribution is -2.35. The molecular weight excluding hydrogens is 176 g/mol. The van der Waals surface area contributed by atoms with Crippen molar-refractivity contribution in [3.63, 3.8) is 0 Å². The third-order valence-corrected chi connectivity index (χ3v) is 3.08. The lowest BCUT2D eigenvalue weighted by molar-refractivity contribution is 0.171. The van der Waals surface area contributed by atoms with Gasteiger partial charge in [-0.05, 0) is 38.3 Å². The summed E-state index contributed by atoms with van der Waals surface area (Å²) in [7, 11) is 1.72. The van der Waals surface area contributed by atoms with Crippen LogP contribution < -0.4 is 5.32 Å². The summed E-state index contributed by atoms with van der Waals surface area (Å²) in [5.74, 6) is 0.833. The first-order valence-electron chi connectivity index (χ1n) is 5.57. The van der Waals surface area contributed by atoms with Crippen LogP contribution >= 0.6 is 0 Å². The minimum absolute atomic E-state index is 0.336. The Balaban J connectivity index is 2.43. The molecule has 0 aromatic rings. The van der Waals surface area contributed by atoms with Crippen LogP contribution in [0.3, 0.4) is 0 Å². The molecule has 1 unspecified atom stereocenters. The van der Waals surface area contributed by atoms with Gasteiger partial charge in [-0.3, -0.25) is 0 Å². The number of rotatable bonds is 5. The van der Waals surface area contributed by atoms with E-state index in [0.717, 1.165) is 38.1 Å². The van der Waals surface area contributed by atoms with Crippen molar-refractivity contribution >= 4 is 5.71 Å². The van der Waals surface area contributed by atoms with Gasteiger partial charge in [0.2, 0.25) is 0 Å². The van der Waals surface area contributed by atoms with Gasteiger partial charge in [0, 0.05) is 18.7 Å². The summed E-state index contributed by atoms with van der Waals surface area (Å²) in [4.78, 5) is 0. The lowest BCUT2D eigenvalue weighted by atomic mass is 9.85. The topological polar surface area (TPSA) is 45.1 Å². The van der Waals surface area contributed by atoms with E-state index in [2.05, 4.69) is 12.2 Å². The maximum atomic E-state index is 8.14. The van der Waals surface area contributed by atoms with Crippen LogP contribution in [0.25, 0.3) is 0 Å². The number of hydrogen-bond acceptors (Lipinski definition) is 3. The minimum Gasteiger partial charge on any atom is -0.384 e. The summed E-state index contributed by atoms with van der Waals surface area (Å²) in [6.07, 6.45) is 3.27. The number of ether oxygens (including phenoxy) is 1. The van der Waals surface area contributed by atoms with E-state index in [1.807, 2.05) is 0 Å². The molecule has 0 bridgehead atoms. The number of hydrogen-bond donors (Lipinski definition) is 2. The van der Waals surface area contributed by atoms with Crippen LogP contribution in [-0.2, 0) is 4.74 Å². The summed E-state index contributed by atoms with van der Waals surface area (Å²) < 4.78 is 5.15. The van der Waals surface area contributed by atoms with E-state index in [1.54, 1.807) is 7.11 Å². The second-order valence-electron chi connectivity index (χ2n) is 4.04. The van der Waals surface area contributed by atoms with Crippen molar-refractivity contribution in [2.45, 2.75) is 26.2 Å². The van der Waals surface area contributed by atoms with Crippen LogP contribution in [-0.4, -0.2) is 32.5 Å². The number of nitrogens with one attached hydrogen (secondary N) is 2. The highest BCUT2D eigenvalue weighted by Gasteiger charge is 2.23. The van der Waals surface area contributed by atoms with Crippen molar-refractivity contribution in [2.24, 2.45) is 11.8 Å². The monoisotopic (exact) mass is 198 g/mol. The largest absolute Gasteiger partial charge is 0.384 e. The van der Waals surface area contributed by atoms with Gasteiger partial charge in [-0.1, -0.05) is 6.92 Å². The molecule has 1 heterocycles. The zero-order valence-corrected chi connectivity index (χ0v) is 9.31. The Morgan fingerprint density at radius 3 is 2.64 bits per heavy atom. The Morgan fingerprint density at radius 1 is 1.50 bits per heavy atom. The molecule has 1 fully saturated rings. The summed E-state index contributed by atoms with van der Waals surface area (Å²) in [6.45, 7) is 4.98. The first-order chi connectivity index (χ1) is 6.79. The third-order valence-electron chi connectivity index (χ3n) is 3.08. The fraction of sp³-hybridized carbons (Fsp3) is 0.909. The Labute approximate surface area is 86.7 Å². The Hall–Kier alpha value is -0.410. The van der Waals surface area contributed by atoms with Crippen LogP contribution in [0.5, 0.6) is 0 Å². The fourth-order valence-corrected chi connectivity index (χ4v) is 2.09. The maximum Gasteiger partial charge on any atom is 0.0542 e. The molecule has 0 saturated carbocycles. The van der Waals surface area contributed by atoms with Crippen LogP contribution in [0, 0.1) is 17.2 Å². The van der Waals surface area contributed by atoms with Crippen LogP contribution in [0.15, 0.2) is 0 Å². The zero-order chi connectivity index (χ0) is 10.4. The molecule has 0 aromatic heterocycles. The first-order valence-corrected chi connectivity index (χ1v) is 5.57. The highest BCUT2D eigenvalue weighted by molar-refractivity contribution is 5.86. The van der Waals surface area contributed by atoms with E-state index < -0.39 is 0 Å². The molecule has 2 N–H and O–H groups in total. The van der Waals surface area contributed by atoms with Gasteiger partial charge in [-0.2, -0.15) is 0 Å². The van der Waals surface area contributed by atoms with Gasteiger partial charge in [0.15, 0.2) is 0 Å². The Morgan fingerprint density at radius 2 is 2.14 bits per heavy atom. The highest BCUT2D eigenvalue weighted by atomic mass is 16.5. The second-order valence-corrected chi connectivity index (χ2v) is 4.04. The van der Waals surface area contributed by atoms with Gasteiger partial charge >= 0.3 is 0 Å². The number of methoxy groups -OCH3 is 1. The summed E-state index contributed by atoms with van der Waals surface area (Å²) >= 11 is 0. The average molecular weight is 198 g/mol. The maximum absolute atomic E-state index is 8.14. The third kappa shape index (κ3) is 3.07. The molecule has 14 heavy (non-hydrogen) atoms. The molecule has 1 aliphatic heterocycles. The molecule has 0 spiro atoms. The summed E-state index contributed by atoms with van der Waals surface area (Å²) in [5, 5.41) is 11.5. The molecule has 3 heteroatoms. The van der Waals surface area contributed by atoms with Crippen LogP contribution in [0.2, 0.25) is 0 Å². The molecule has 0 radical (unpaired) electrons. The standard InChI is InChI=1S/C11H22N2O/c1-3-9(8-14-2)11(12)10-4-6-13-7-5-10/h9-10,12-13H,3-8H2,1-2H3. The normalized spacial score (nSPS) is 20.7. The molecule has 1 saturated heterocycles. The average Bonchev–Trinajstić information content (AvgIpc) is 2.26. The summed E-state index contributed by atoms with van der Waals surface area (Å²) in [5.41, 5.74) is 0.913. The van der Waals surface area contributed by atoms with Crippen molar-refractivity contribution < 1.29 is 4.74 Å².